The van der Waals surface area contributed by atoms with Gasteiger partial charge in [-0.3, -0.25) is 0 Å². The van der Waals surface area contributed by atoms with Crippen LogP contribution in [-0.4, -0.2) is 17.1 Å². The first kappa shape index (κ1) is 14.8. The van der Waals surface area contributed by atoms with Crippen LogP contribution in [0.1, 0.15) is 62.1 Å². The molecule has 4 heteroatoms. The summed E-state index contributed by atoms with van der Waals surface area (Å²) in [5.74, 6) is -0.258. The van der Waals surface area contributed by atoms with E-state index in [1.54, 1.807) is 6.07 Å². The largest absolute Gasteiger partial charge is 0.478 e. The Hall–Kier alpha value is -1.29. The van der Waals surface area contributed by atoms with E-state index in [0.29, 0.717) is 18.3 Å². The number of carboxylic acid groups (broad SMARTS) is 1. The molecule has 1 aromatic rings. The van der Waals surface area contributed by atoms with Crippen LogP contribution < -0.4 is 5.32 Å². The van der Waals surface area contributed by atoms with E-state index in [2.05, 4.69) is 19.2 Å². The van der Waals surface area contributed by atoms with E-state index in [-0.39, 0.29) is 5.56 Å². The van der Waals surface area contributed by atoms with Crippen molar-refractivity contribution in [1.82, 2.24) is 5.32 Å². The number of carbonyl (C=O) groups is 1. The molecule has 1 heterocycles. The third-order valence-corrected chi connectivity index (χ3v) is 3.01. The van der Waals surface area contributed by atoms with Crippen molar-refractivity contribution >= 4 is 5.97 Å². The number of rotatable bonds is 9. The first-order valence-corrected chi connectivity index (χ1v) is 6.71. The number of aromatic carboxylic acids is 1. The van der Waals surface area contributed by atoms with E-state index in [1.807, 2.05) is 0 Å². The van der Waals surface area contributed by atoms with Gasteiger partial charge >= 0.3 is 5.97 Å². The van der Waals surface area contributed by atoms with Crippen molar-refractivity contribution in [2.24, 2.45) is 0 Å². The topological polar surface area (TPSA) is 62.5 Å². The van der Waals surface area contributed by atoms with E-state index in [0.717, 1.165) is 19.3 Å². The number of carboxylic acids is 1. The van der Waals surface area contributed by atoms with E-state index in [4.69, 9.17) is 9.52 Å². The summed E-state index contributed by atoms with van der Waals surface area (Å²) in [6.45, 7) is 4.96. The first-order chi connectivity index (χ1) is 8.67. The van der Waals surface area contributed by atoms with Gasteiger partial charge in [-0.2, -0.15) is 0 Å². The Labute approximate surface area is 108 Å². The Kier molecular flexibility index (Phi) is 6.50. The minimum absolute atomic E-state index is 0.215. The molecule has 1 aromatic heterocycles. The van der Waals surface area contributed by atoms with Crippen molar-refractivity contribution in [2.75, 3.05) is 0 Å². The van der Waals surface area contributed by atoms with Gasteiger partial charge in [-0.05, 0) is 18.9 Å². The molecule has 0 saturated carbocycles. The van der Waals surface area contributed by atoms with Crippen molar-refractivity contribution < 1.29 is 14.3 Å². The van der Waals surface area contributed by atoms with Gasteiger partial charge in [0.25, 0.3) is 0 Å². The third kappa shape index (κ3) is 4.92. The molecule has 0 amide bonds. The fourth-order valence-corrected chi connectivity index (χ4v) is 1.98. The second kappa shape index (κ2) is 7.93. The summed E-state index contributed by atoms with van der Waals surface area (Å²) in [6.07, 6.45) is 7.17. The summed E-state index contributed by atoms with van der Waals surface area (Å²) >= 11 is 0. The van der Waals surface area contributed by atoms with Crippen LogP contribution in [-0.2, 0) is 6.54 Å². The van der Waals surface area contributed by atoms with Crippen LogP contribution in [0.3, 0.4) is 0 Å². The molecule has 18 heavy (non-hydrogen) atoms. The van der Waals surface area contributed by atoms with Crippen LogP contribution in [0, 0.1) is 0 Å². The van der Waals surface area contributed by atoms with Crippen LogP contribution in [0.5, 0.6) is 0 Å². The van der Waals surface area contributed by atoms with Crippen LogP contribution in [0.2, 0.25) is 0 Å². The number of unbranched alkanes of at least 4 members (excludes halogenated alkanes) is 1. The maximum atomic E-state index is 10.7. The molecule has 0 aromatic carbocycles. The lowest BCUT2D eigenvalue weighted by Gasteiger charge is -2.16. The zero-order chi connectivity index (χ0) is 13.4. The lowest BCUT2D eigenvalue weighted by atomic mass is 10.1. The maximum absolute atomic E-state index is 10.7. The molecule has 0 aliphatic rings. The molecule has 0 fully saturated rings. The summed E-state index contributed by atoms with van der Waals surface area (Å²) < 4.78 is 5.22. The minimum Gasteiger partial charge on any atom is -0.478 e. The second-order valence-electron chi connectivity index (χ2n) is 4.62. The maximum Gasteiger partial charge on any atom is 0.338 e. The smallest absolute Gasteiger partial charge is 0.338 e. The molecule has 0 aliphatic heterocycles. The van der Waals surface area contributed by atoms with Crippen molar-refractivity contribution in [3.63, 3.8) is 0 Å². The highest BCUT2D eigenvalue weighted by atomic mass is 16.4. The molecule has 0 aliphatic carbocycles. The van der Waals surface area contributed by atoms with Crippen LogP contribution in [0.25, 0.3) is 0 Å². The fourth-order valence-electron chi connectivity index (χ4n) is 1.98. The Morgan fingerprint density at radius 3 is 2.72 bits per heavy atom. The highest BCUT2D eigenvalue weighted by Crippen LogP contribution is 2.11. The van der Waals surface area contributed by atoms with Gasteiger partial charge in [0.1, 0.15) is 12.0 Å². The average Bonchev–Trinajstić information content (AvgIpc) is 2.81. The van der Waals surface area contributed by atoms with Gasteiger partial charge in [0.05, 0.1) is 12.1 Å². The molecule has 0 spiro atoms. The number of nitrogens with one attached hydrogen (secondary N) is 1. The van der Waals surface area contributed by atoms with Crippen LogP contribution in [0.4, 0.5) is 0 Å². The molecule has 1 atom stereocenters. The monoisotopic (exact) mass is 253 g/mol. The van der Waals surface area contributed by atoms with Gasteiger partial charge in [0, 0.05) is 6.04 Å². The highest BCUT2D eigenvalue weighted by molar-refractivity contribution is 5.87. The van der Waals surface area contributed by atoms with Crippen molar-refractivity contribution in [2.45, 2.75) is 58.5 Å². The van der Waals surface area contributed by atoms with Gasteiger partial charge in [0.2, 0.25) is 0 Å². The van der Waals surface area contributed by atoms with Gasteiger partial charge in [-0.15, -0.1) is 0 Å². The highest BCUT2D eigenvalue weighted by Gasteiger charge is 2.10. The molecular formula is C14H23NO3. The van der Waals surface area contributed by atoms with Gasteiger partial charge in [0.15, 0.2) is 0 Å². The molecular weight excluding hydrogens is 230 g/mol. The normalized spacial score (nSPS) is 12.6. The Balaban J connectivity index is 2.42. The number of hydrogen-bond acceptors (Lipinski definition) is 3. The summed E-state index contributed by atoms with van der Waals surface area (Å²) in [4.78, 5) is 10.7. The molecule has 102 valence electrons. The zero-order valence-corrected chi connectivity index (χ0v) is 11.2. The fraction of sp³-hybridized carbons (Fsp3) is 0.643. The molecule has 2 N–H and O–H groups in total. The van der Waals surface area contributed by atoms with E-state index < -0.39 is 5.97 Å². The van der Waals surface area contributed by atoms with Crippen molar-refractivity contribution in [1.29, 1.82) is 0 Å². The Morgan fingerprint density at radius 1 is 1.39 bits per heavy atom. The van der Waals surface area contributed by atoms with Crippen LogP contribution >= 0.6 is 0 Å². The number of furan rings is 1. The van der Waals surface area contributed by atoms with E-state index in [9.17, 15) is 4.79 Å². The van der Waals surface area contributed by atoms with Gasteiger partial charge < -0.3 is 14.8 Å². The van der Waals surface area contributed by atoms with E-state index >= 15 is 0 Å². The molecule has 0 saturated heterocycles. The number of hydrogen-bond donors (Lipinski definition) is 2. The Morgan fingerprint density at radius 2 is 2.17 bits per heavy atom. The van der Waals surface area contributed by atoms with Gasteiger partial charge in [-0.1, -0.05) is 33.1 Å². The minimum atomic E-state index is -0.943. The van der Waals surface area contributed by atoms with Gasteiger partial charge in [-0.25, -0.2) is 4.79 Å². The quantitative estimate of drug-likeness (QED) is 0.707. The van der Waals surface area contributed by atoms with Crippen molar-refractivity contribution in [3.8, 4) is 0 Å². The molecule has 0 bridgehead atoms. The molecule has 0 radical (unpaired) electrons. The predicted molar refractivity (Wildman–Crippen MR) is 70.7 cm³/mol. The SMILES string of the molecule is CCCCC(CCC)NCc1cc(C(=O)O)co1. The third-order valence-electron chi connectivity index (χ3n) is 3.01. The summed E-state index contributed by atoms with van der Waals surface area (Å²) in [7, 11) is 0. The molecule has 4 nitrogen and oxygen atoms in total. The lowest BCUT2D eigenvalue weighted by molar-refractivity contribution is 0.0696. The second-order valence-corrected chi connectivity index (χ2v) is 4.62. The summed E-state index contributed by atoms with van der Waals surface area (Å²) in [6, 6.07) is 2.08. The lowest BCUT2D eigenvalue weighted by Crippen LogP contribution is -2.28. The Bertz CT molecular complexity index is 360. The molecule has 1 unspecified atom stereocenters. The van der Waals surface area contributed by atoms with Crippen molar-refractivity contribution in [3.05, 3.63) is 23.7 Å². The molecule has 1 rings (SSSR count). The average molecular weight is 253 g/mol. The standard InChI is InChI=1S/C14H23NO3/c1-3-5-7-12(6-4-2)15-9-13-8-11(10-18-13)14(16)17/h8,10,12,15H,3-7,9H2,1-2H3,(H,16,17). The first-order valence-electron chi connectivity index (χ1n) is 6.71. The predicted octanol–water partition coefficient (Wildman–Crippen LogP) is 3.43. The summed E-state index contributed by atoms with van der Waals surface area (Å²) in [5, 5.41) is 12.2. The zero-order valence-electron chi connectivity index (χ0n) is 11.2. The van der Waals surface area contributed by atoms with E-state index in [1.165, 1.54) is 19.1 Å². The van der Waals surface area contributed by atoms with Crippen LogP contribution in [0.15, 0.2) is 16.7 Å². The summed E-state index contributed by atoms with van der Waals surface area (Å²) in [5.41, 5.74) is 0.215.